The summed E-state index contributed by atoms with van der Waals surface area (Å²) in [7, 11) is -13.0. The van der Waals surface area contributed by atoms with E-state index in [-0.39, 0.29) is 47.4 Å². The van der Waals surface area contributed by atoms with Crippen LogP contribution in [0.1, 0.15) is 117 Å². The normalized spacial score (nSPS) is 19.9. The zero-order valence-electron chi connectivity index (χ0n) is 35.7. The van der Waals surface area contributed by atoms with Gasteiger partial charge in [-0.05, 0) is 80.0 Å². The van der Waals surface area contributed by atoms with Gasteiger partial charge in [0, 0.05) is 65.8 Å². The lowest BCUT2D eigenvalue weighted by Crippen LogP contribution is -2.42. The number of fused-ring (bicyclic) bond motifs is 2. The number of ketones is 1. The summed E-state index contributed by atoms with van der Waals surface area (Å²) in [6, 6.07) is 12.0. The Balaban J connectivity index is 1.57. The number of anilines is 2. The molecule has 0 spiro atoms. The van der Waals surface area contributed by atoms with Gasteiger partial charge in [0.2, 0.25) is 5.91 Å². The number of carbonyl (C=O) groups is 2. The third-order valence-electron chi connectivity index (χ3n) is 11.7. The van der Waals surface area contributed by atoms with Crippen molar-refractivity contribution in [3.8, 4) is 0 Å². The Morgan fingerprint density at radius 3 is 2.03 bits per heavy atom. The van der Waals surface area contributed by atoms with Crippen molar-refractivity contribution in [3.05, 3.63) is 77.5 Å². The minimum atomic E-state index is -4.52. The maximum absolute atomic E-state index is 12.6. The van der Waals surface area contributed by atoms with Crippen molar-refractivity contribution in [3.63, 3.8) is 0 Å². The fourth-order valence-corrected chi connectivity index (χ4v) is 9.90. The Kier molecular flexibility index (Phi) is 16.0. The number of rotatable bonds is 22. The van der Waals surface area contributed by atoms with Gasteiger partial charge in [-0.3, -0.25) is 23.2 Å². The number of nitrogens with zero attached hydrogens (tertiary/aromatic N) is 2. The van der Waals surface area contributed by atoms with Gasteiger partial charge in [-0.2, -0.15) is 25.3 Å². The monoisotopic (exact) mass is 893 g/mol. The molecule has 0 radical (unpaired) electrons. The van der Waals surface area contributed by atoms with E-state index in [0.29, 0.717) is 43.6 Å². The smallest absolute Gasteiger partial charge is 0.294 e. The molecule has 0 bridgehead atoms. The Hall–Kier alpha value is -3.61. The summed E-state index contributed by atoms with van der Waals surface area (Å²) in [5.74, 6) is -0.693. The topological polar surface area (TPSA) is 216 Å². The molecule has 4 rings (SSSR count). The molecule has 1 amide bonds. The largest absolute Gasteiger partial charge is 0.364 e. The molecule has 2 heterocycles. The summed E-state index contributed by atoms with van der Waals surface area (Å²) < 4.78 is 99.8. The molecule has 0 aromatic heterocycles. The van der Waals surface area contributed by atoms with E-state index < -0.39 is 52.7 Å². The predicted octanol–water partition coefficient (Wildman–Crippen LogP) is 7.03. The first-order chi connectivity index (χ1) is 27.8. The first-order valence-electron chi connectivity index (χ1n) is 20.6. The minimum absolute atomic E-state index is 0.0216. The molecule has 0 fully saturated rings. The molecule has 0 saturated carbocycles. The molecule has 14 nitrogen and oxygen atoms in total. The van der Waals surface area contributed by atoms with Crippen LogP contribution in [0.15, 0.2) is 71.3 Å². The van der Waals surface area contributed by atoms with Crippen LogP contribution >= 0.6 is 0 Å². The fraction of sp³-hybridized carbons (Fsp3) is 0.581. The second kappa shape index (κ2) is 19.6. The van der Waals surface area contributed by atoms with Crippen molar-refractivity contribution in [1.82, 2.24) is 5.32 Å². The van der Waals surface area contributed by atoms with Crippen LogP contribution in [0.2, 0.25) is 0 Å². The van der Waals surface area contributed by atoms with E-state index >= 15 is 0 Å². The molecule has 2 unspecified atom stereocenters. The van der Waals surface area contributed by atoms with E-state index in [0.717, 1.165) is 49.1 Å². The molecular weight excluding hydrogens is 831 g/mol. The number of hydrogen-bond donors (Lipinski definition) is 4. The van der Waals surface area contributed by atoms with E-state index in [2.05, 4.69) is 23.2 Å². The standard InChI is InChI=1S/C43H63N3O11S3/c1-41(2,3)39(47)21-11-13-26-44-40(48)22-8-7-12-25-43(6)33-17-9-10-18-35(33)46(28-16-30-59(52,53)54)38(43)20-14-19-37-42(4,5)34-31-32(60(55,56)57)23-24-36(34)45(37)27-15-29-58(49,50)51/h9-10,14,17-20,23-24,31,38H,7-8,11-13,15-16,21-22,25-30H2,1-6H3,(H,44,48)(H,49,50,51)(H,52,53,54)(H,55,56,57)/b20-14+,37-19+. The molecule has 17 heteroatoms. The molecule has 2 atom stereocenters. The number of carbonyl (C=O) groups excluding carboxylic acids is 2. The van der Waals surface area contributed by atoms with Crippen LogP contribution < -0.4 is 15.1 Å². The highest BCUT2D eigenvalue weighted by Gasteiger charge is 2.46. The van der Waals surface area contributed by atoms with Crippen LogP contribution in [-0.2, 0) is 50.8 Å². The SMILES string of the molecule is CC(C)(C)C(=O)CCCCNC(=O)CCCCCC1(C)c2ccccc2N(CCCS(=O)(=O)O)C1/C=C/C=C1/N(CCCS(=O)(=O)O)c2ccc(S(=O)(=O)O)cc2C1(C)C. The van der Waals surface area contributed by atoms with Crippen LogP contribution in [0.25, 0.3) is 0 Å². The van der Waals surface area contributed by atoms with Gasteiger partial charge in [0.1, 0.15) is 5.78 Å². The summed E-state index contributed by atoms with van der Waals surface area (Å²) in [4.78, 5) is 28.5. The number of nitrogens with one attached hydrogen (secondary N) is 1. The van der Waals surface area contributed by atoms with Crippen molar-refractivity contribution >= 4 is 53.4 Å². The Morgan fingerprint density at radius 1 is 0.767 bits per heavy atom. The third-order valence-corrected chi connectivity index (χ3v) is 14.2. The molecule has 2 aromatic carbocycles. The summed E-state index contributed by atoms with van der Waals surface area (Å²) >= 11 is 0. The number of amides is 1. The number of unbranched alkanes of at least 4 members (excludes halogenated alkanes) is 3. The number of hydrogen-bond acceptors (Lipinski definition) is 10. The molecule has 0 saturated heterocycles. The van der Waals surface area contributed by atoms with Gasteiger partial charge in [0.25, 0.3) is 30.4 Å². The van der Waals surface area contributed by atoms with Crippen molar-refractivity contribution in [2.45, 2.75) is 128 Å². The number of benzene rings is 2. The van der Waals surface area contributed by atoms with Crippen LogP contribution in [0, 0.1) is 5.41 Å². The van der Waals surface area contributed by atoms with E-state index in [1.54, 1.807) is 6.07 Å². The molecule has 2 aromatic rings. The highest BCUT2D eigenvalue weighted by atomic mass is 32.2. The van der Waals surface area contributed by atoms with Gasteiger partial charge in [0.05, 0.1) is 22.4 Å². The van der Waals surface area contributed by atoms with Gasteiger partial charge in [-0.25, -0.2) is 0 Å². The average molecular weight is 894 g/mol. The van der Waals surface area contributed by atoms with E-state index in [9.17, 15) is 48.5 Å². The van der Waals surface area contributed by atoms with E-state index in [1.807, 2.05) is 75.9 Å². The molecule has 0 aliphatic carbocycles. The fourth-order valence-electron chi connectivity index (χ4n) is 8.41. The van der Waals surface area contributed by atoms with Crippen LogP contribution in [0.4, 0.5) is 11.4 Å². The second-order valence-corrected chi connectivity index (χ2v) is 22.3. The first-order valence-corrected chi connectivity index (χ1v) is 25.3. The molecule has 4 N–H and O–H groups in total. The number of Topliss-reactive ketones (excluding diaryl/α,β-unsaturated/α-hetero) is 1. The Morgan fingerprint density at radius 2 is 1.40 bits per heavy atom. The molecule has 2 aliphatic heterocycles. The van der Waals surface area contributed by atoms with Gasteiger partial charge < -0.3 is 15.1 Å². The maximum Gasteiger partial charge on any atom is 0.294 e. The van der Waals surface area contributed by atoms with Gasteiger partial charge in [-0.1, -0.05) is 84.7 Å². The van der Waals surface area contributed by atoms with Gasteiger partial charge >= 0.3 is 0 Å². The van der Waals surface area contributed by atoms with Crippen molar-refractivity contribution in [2.24, 2.45) is 5.41 Å². The van der Waals surface area contributed by atoms with Crippen molar-refractivity contribution in [1.29, 1.82) is 0 Å². The first kappa shape index (κ1) is 49.0. The van der Waals surface area contributed by atoms with Gasteiger partial charge in [-0.15, -0.1) is 0 Å². The van der Waals surface area contributed by atoms with Crippen molar-refractivity contribution < 1.29 is 48.5 Å². The molecule has 334 valence electrons. The quantitative estimate of drug-likeness (QED) is 0.0691. The van der Waals surface area contributed by atoms with E-state index in [1.165, 1.54) is 12.1 Å². The zero-order valence-corrected chi connectivity index (χ0v) is 38.1. The predicted molar refractivity (Wildman–Crippen MR) is 235 cm³/mol. The molecule has 2 aliphatic rings. The molecule has 60 heavy (non-hydrogen) atoms. The summed E-state index contributed by atoms with van der Waals surface area (Å²) in [6.07, 6.45) is 11.5. The summed E-state index contributed by atoms with van der Waals surface area (Å²) in [5.41, 5.74) is 2.38. The maximum atomic E-state index is 12.6. The zero-order chi connectivity index (χ0) is 44.7. The highest BCUT2D eigenvalue weighted by Crippen LogP contribution is 2.50. The van der Waals surface area contributed by atoms with Crippen LogP contribution in [0.3, 0.4) is 0 Å². The summed E-state index contributed by atoms with van der Waals surface area (Å²) in [5, 5.41) is 2.97. The Bertz CT molecular complexity index is 2260. The van der Waals surface area contributed by atoms with Gasteiger partial charge in [0.15, 0.2) is 0 Å². The number of allylic oxidation sites excluding steroid dienone is 3. The minimum Gasteiger partial charge on any atom is -0.364 e. The summed E-state index contributed by atoms with van der Waals surface area (Å²) in [6.45, 7) is 12.7. The number of para-hydroxylation sites is 1. The average Bonchev–Trinajstić information content (AvgIpc) is 3.48. The molecular formula is C43H63N3O11S3. The lowest BCUT2D eigenvalue weighted by molar-refractivity contribution is -0.126. The van der Waals surface area contributed by atoms with Crippen LogP contribution in [-0.4, -0.2) is 87.8 Å². The lowest BCUT2D eigenvalue weighted by Gasteiger charge is -2.35. The third kappa shape index (κ3) is 13.0. The highest BCUT2D eigenvalue weighted by molar-refractivity contribution is 7.86. The lowest BCUT2D eigenvalue weighted by atomic mass is 9.74. The Labute approximate surface area is 357 Å². The second-order valence-electron chi connectivity index (χ2n) is 17.8. The van der Waals surface area contributed by atoms with Crippen LogP contribution in [0.5, 0.6) is 0 Å². The van der Waals surface area contributed by atoms with Crippen molar-refractivity contribution in [2.75, 3.05) is 40.9 Å². The van der Waals surface area contributed by atoms with E-state index in [4.69, 9.17) is 0 Å².